The molecule has 0 radical (unpaired) electrons. The maximum absolute atomic E-state index is 12.7. The summed E-state index contributed by atoms with van der Waals surface area (Å²) in [6, 6.07) is 12.0. The molecule has 6 nitrogen and oxygen atoms in total. The van der Waals surface area contributed by atoms with Crippen LogP contribution in [0.2, 0.25) is 10.0 Å². The molecule has 0 aliphatic rings. The summed E-state index contributed by atoms with van der Waals surface area (Å²) < 4.78 is 48.7. The summed E-state index contributed by atoms with van der Waals surface area (Å²) in [4.78, 5) is 0. The van der Waals surface area contributed by atoms with E-state index in [9.17, 15) is 13.3 Å². The smallest absolute Gasteiger partial charge is 0.457 e. The van der Waals surface area contributed by atoms with Gasteiger partial charge in [0.25, 0.3) is 0 Å². The summed E-state index contributed by atoms with van der Waals surface area (Å²) in [7, 11) is -3.95. The van der Waals surface area contributed by atoms with Crippen LogP contribution >= 0.6 is 30.8 Å². The minimum atomic E-state index is -3.95. The standard InChI is InChI=1S/C13H11Cl2O6PS/c14-10-1-5-12(6-2-10)20-22(16,9-19-23(17)18)21-13-7-3-11(15)4-8-13/h1-8H,9H2,(H,17,18)/p-1. The van der Waals surface area contributed by atoms with E-state index in [4.69, 9.17) is 32.2 Å². The van der Waals surface area contributed by atoms with Crippen molar-refractivity contribution in [3.8, 4) is 11.5 Å². The SMILES string of the molecule is O=S([O-])OCP(=O)(Oc1ccc(Cl)cc1)Oc1ccc(Cl)cc1. The quantitative estimate of drug-likeness (QED) is 0.509. The molecule has 0 heterocycles. The van der Waals surface area contributed by atoms with Gasteiger partial charge in [-0.25, -0.2) is 8.77 Å². The Morgan fingerprint density at radius 2 is 1.30 bits per heavy atom. The average molecular weight is 396 g/mol. The first-order valence-electron chi connectivity index (χ1n) is 6.08. The van der Waals surface area contributed by atoms with E-state index in [1.165, 1.54) is 48.5 Å². The highest BCUT2D eigenvalue weighted by atomic mass is 35.5. The van der Waals surface area contributed by atoms with E-state index in [0.717, 1.165) is 0 Å². The van der Waals surface area contributed by atoms with Crippen molar-refractivity contribution in [1.29, 1.82) is 0 Å². The number of halogens is 2. The Labute approximate surface area is 145 Å². The minimum absolute atomic E-state index is 0.187. The third kappa shape index (κ3) is 6.14. The lowest BCUT2D eigenvalue weighted by Gasteiger charge is -2.20. The third-order valence-electron chi connectivity index (χ3n) is 2.42. The molecule has 2 rings (SSSR count). The summed E-state index contributed by atoms with van der Waals surface area (Å²) in [6.07, 6.45) is -0.783. The van der Waals surface area contributed by atoms with Gasteiger partial charge >= 0.3 is 7.60 Å². The molecule has 0 aliphatic heterocycles. The van der Waals surface area contributed by atoms with Gasteiger partial charge in [-0.2, -0.15) is 0 Å². The second-order valence-corrected chi connectivity index (χ2v) is 7.51. The van der Waals surface area contributed by atoms with E-state index in [0.29, 0.717) is 10.0 Å². The van der Waals surface area contributed by atoms with E-state index in [2.05, 4.69) is 4.18 Å². The van der Waals surface area contributed by atoms with Crippen LogP contribution in [0.1, 0.15) is 0 Å². The van der Waals surface area contributed by atoms with Crippen LogP contribution in [0.3, 0.4) is 0 Å². The fourth-order valence-corrected chi connectivity index (χ4v) is 3.63. The Balaban J connectivity index is 2.20. The Bertz CT molecular complexity index is 671. The summed E-state index contributed by atoms with van der Waals surface area (Å²) in [5.74, 6) is 0.374. The van der Waals surface area contributed by atoms with Gasteiger partial charge in [0.1, 0.15) is 11.5 Å². The van der Waals surface area contributed by atoms with Crippen LogP contribution in [0, 0.1) is 0 Å². The van der Waals surface area contributed by atoms with Crippen molar-refractivity contribution in [3.63, 3.8) is 0 Å². The zero-order chi connectivity index (χ0) is 16.9. The molecule has 2 aromatic rings. The van der Waals surface area contributed by atoms with Gasteiger partial charge in [0.15, 0.2) is 6.35 Å². The van der Waals surface area contributed by atoms with E-state index < -0.39 is 25.3 Å². The van der Waals surface area contributed by atoms with E-state index in [1.54, 1.807) is 0 Å². The topological polar surface area (TPSA) is 84.9 Å². The monoisotopic (exact) mass is 395 g/mol. The van der Waals surface area contributed by atoms with Crippen molar-refractivity contribution in [1.82, 2.24) is 0 Å². The lowest BCUT2D eigenvalue weighted by molar-refractivity contribution is 0.299. The van der Waals surface area contributed by atoms with Gasteiger partial charge < -0.3 is 13.6 Å². The predicted octanol–water partition coefficient (Wildman–Crippen LogP) is 4.41. The van der Waals surface area contributed by atoms with Gasteiger partial charge in [0.05, 0.1) is 11.4 Å². The molecular formula is C13H10Cl2O6PS-. The molecule has 0 fully saturated rings. The Kier molecular flexibility index (Phi) is 6.47. The molecule has 0 spiro atoms. The molecule has 2 aromatic carbocycles. The highest BCUT2D eigenvalue weighted by Crippen LogP contribution is 2.48. The Morgan fingerprint density at radius 3 is 1.65 bits per heavy atom. The molecule has 10 heteroatoms. The predicted molar refractivity (Wildman–Crippen MR) is 86.6 cm³/mol. The van der Waals surface area contributed by atoms with Crippen LogP contribution in [0.25, 0.3) is 0 Å². The fraction of sp³-hybridized carbons (Fsp3) is 0.0769. The first-order valence-corrected chi connectivity index (χ1v) is 9.57. The van der Waals surface area contributed by atoms with Crippen LogP contribution in [0.5, 0.6) is 11.5 Å². The largest absolute Gasteiger partial charge is 0.750 e. The van der Waals surface area contributed by atoms with Gasteiger partial charge in [-0.1, -0.05) is 23.2 Å². The average Bonchev–Trinajstić information content (AvgIpc) is 2.50. The fourth-order valence-electron chi connectivity index (χ4n) is 1.49. The molecule has 0 aliphatic carbocycles. The van der Waals surface area contributed by atoms with Crippen LogP contribution in [-0.4, -0.2) is 15.1 Å². The number of hydrogen-bond donors (Lipinski definition) is 0. The molecule has 0 amide bonds. The van der Waals surface area contributed by atoms with Crippen molar-refractivity contribution in [3.05, 3.63) is 58.6 Å². The normalized spacial score (nSPS) is 12.7. The molecule has 0 bridgehead atoms. The summed E-state index contributed by atoms with van der Waals surface area (Å²) >= 11 is 8.65. The van der Waals surface area contributed by atoms with Crippen molar-refractivity contribution in [2.75, 3.05) is 6.35 Å². The van der Waals surface area contributed by atoms with Gasteiger partial charge in [0.2, 0.25) is 0 Å². The van der Waals surface area contributed by atoms with E-state index in [1.807, 2.05) is 0 Å². The first kappa shape index (κ1) is 18.3. The third-order valence-corrected chi connectivity index (χ3v) is 4.84. The Hall–Kier alpha value is -1.08. The van der Waals surface area contributed by atoms with E-state index >= 15 is 0 Å². The lowest BCUT2D eigenvalue weighted by Crippen LogP contribution is -2.09. The highest BCUT2D eigenvalue weighted by molar-refractivity contribution is 7.74. The molecule has 0 N–H and O–H groups in total. The highest BCUT2D eigenvalue weighted by Gasteiger charge is 2.29. The minimum Gasteiger partial charge on any atom is -0.750 e. The lowest BCUT2D eigenvalue weighted by atomic mass is 10.3. The first-order chi connectivity index (χ1) is 10.9. The van der Waals surface area contributed by atoms with Gasteiger partial charge in [-0.3, -0.25) is 4.18 Å². The zero-order valence-electron chi connectivity index (χ0n) is 11.4. The van der Waals surface area contributed by atoms with E-state index in [-0.39, 0.29) is 11.5 Å². The molecule has 124 valence electrons. The van der Waals surface area contributed by atoms with Crippen LogP contribution < -0.4 is 9.05 Å². The summed E-state index contributed by atoms with van der Waals surface area (Å²) in [5.41, 5.74) is 0. The molecule has 0 saturated carbocycles. The molecule has 1 atom stereocenters. The summed E-state index contributed by atoms with van der Waals surface area (Å²) in [6.45, 7) is 0. The maximum atomic E-state index is 12.7. The van der Waals surface area contributed by atoms with Crippen LogP contribution in [0.4, 0.5) is 0 Å². The zero-order valence-corrected chi connectivity index (χ0v) is 14.6. The van der Waals surface area contributed by atoms with Gasteiger partial charge in [0, 0.05) is 10.0 Å². The van der Waals surface area contributed by atoms with Gasteiger partial charge in [-0.05, 0) is 48.5 Å². The number of benzene rings is 2. The maximum Gasteiger partial charge on any atom is 0.457 e. The second-order valence-electron chi connectivity index (χ2n) is 4.15. The number of rotatable bonds is 7. The van der Waals surface area contributed by atoms with Gasteiger partial charge in [-0.15, -0.1) is 0 Å². The molecule has 1 unspecified atom stereocenters. The number of hydrogen-bond acceptors (Lipinski definition) is 6. The van der Waals surface area contributed by atoms with Crippen molar-refractivity contribution in [2.24, 2.45) is 0 Å². The van der Waals surface area contributed by atoms with Crippen LogP contribution in [0.15, 0.2) is 48.5 Å². The Morgan fingerprint density at radius 1 is 0.913 bits per heavy atom. The molecule has 0 saturated heterocycles. The van der Waals surface area contributed by atoms with Crippen molar-refractivity contribution in [2.45, 2.75) is 0 Å². The molecule has 0 aromatic heterocycles. The molecule has 23 heavy (non-hydrogen) atoms. The second kappa shape index (κ2) is 8.15. The van der Waals surface area contributed by atoms with Crippen molar-refractivity contribution >= 4 is 42.2 Å². The van der Waals surface area contributed by atoms with Crippen LogP contribution in [-0.2, 0) is 20.1 Å². The summed E-state index contributed by atoms with van der Waals surface area (Å²) in [5, 5.41) is 0.922. The molecular weight excluding hydrogens is 386 g/mol. The van der Waals surface area contributed by atoms with Crippen molar-refractivity contribution < 1.29 is 26.6 Å².